The fourth-order valence-corrected chi connectivity index (χ4v) is 2.65. The number of nitrogens with one attached hydrogen (secondary N) is 1. The second kappa shape index (κ2) is 7.38. The molecule has 0 unspecified atom stereocenters. The molecule has 1 N–H and O–H groups in total. The molecule has 0 aliphatic carbocycles. The summed E-state index contributed by atoms with van der Waals surface area (Å²) in [6.07, 6.45) is 1.56. The summed E-state index contributed by atoms with van der Waals surface area (Å²) in [6, 6.07) is 17.2. The van der Waals surface area contributed by atoms with E-state index in [1.807, 2.05) is 16.9 Å². The van der Waals surface area contributed by atoms with Crippen molar-refractivity contribution in [2.45, 2.75) is 6.42 Å². The number of nitrogens with zero attached hydrogens (tertiary/aromatic N) is 1. The monoisotopic (exact) mass is 326 g/mol. The smallest absolute Gasteiger partial charge is 0.264 e. The van der Waals surface area contributed by atoms with Gasteiger partial charge in [-0.1, -0.05) is 42.5 Å². The van der Waals surface area contributed by atoms with Crippen LogP contribution in [0.25, 0.3) is 6.08 Å². The van der Waals surface area contributed by atoms with Crippen LogP contribution in [0.15, 0.2) is 60.0 Å². The third-order valence-corrected chi connectivity index (χ3v) is 3.91. The number of carbonyl (C=O) groups is 1. The van der Waals surface area contributed by atoms with Gasteiger partial charge in [-0.2, -0.15) is 5.26 Å². The summed E-state index contributed by atoms with van der Waals surface area (Å²) in [4.78, 5) is 12.0. The molecule has 0 radical (unpaired) electrons. The Bertz CT molecular complexity index is 866. The van der Waals surface area contributed by atoms with Crippen LogP contribution in [0.2, 0.25) is 0 Å². The van der Waals surface area contributed by atoms with Crippen LogP contribution in [0.4, 0.5) is 0 Å². The first-order valence-corrected chi connectivity index (χ1v) is 8.31. The number of amides is 1. The van der Waals surface area contributed by atoms with Crippen molar-refractivity contribution >= 4 is 22.0 Å². The average molecular weight is 326 g/mol. The highest BCUT2D eigenvalue weighted by atomic mass is 32.2. The number of hydrogen-bond acceptors (Lipinski definition) is 4. The van der Waals surface area contributed by atoms with Gasteiger partial charge in [-0.15, -0.1) is 0 Å². The molecule has 2 aromatic carbocycles. The molecule has 0 heterocycles. The van der Waals surface area contributed by atoms with Gasteiger partial charge in [0.2, 0.25) is 0 Å². The van der Waals surface area contributed by atoms with Crippen LogP contribution in [0.3, 0.4) is 0 Å². The van der Waals surface area contributed by atoms with Gasteiger partial charge in [-0.05, 0) is 29.3 Å². The van der Waals surface area contributed by atoms with Crippen molar-refractivity contribution in [3.05, 3.63) is 76.7 Å². The standard InChI is InChI=1S/C17H14N2O3S/c18-11-9-15-7-4-8-16(13-15)17(20)19-23(21,22)12-10-14-5-2-1-3-6-14/h1-8,10,12-13H,9H2,(H,19,20)/b12-10+. The normalized spacial score (nSPS) is 11.1. The van der Waals surface area contributed by atoms with E-state index in [0.717, 1.165) is 5.41 Å². The molecular formula is C17H14N2O3S. The van der Waals surface area contributed by atoms with Crippen molar-refractivity contribution in [3.8, 4) is 6.07 Å². The molecule has 0 aliphatic rings. The molecule has 0 atom stereocenters. The van der Waals surface area contributed by atoms with E-state index in [9.17, 15) is 13.2 Å². The van der Waals surface area contributed by atoms with Gasteiger partial charge >= 0.3 is 0 Å². The lowest BCUT2D eigenvalue weighted by molar-refractivity contribution is 0.0981. The molecule has 2 aromatic rings. The van der Waals surface area contributed by atoms with Gasteiger partial charge < -0.3 is 0 Å². The first kappa shape index (κ1) is 16.5. The molecule has 2 rings (SSSR count). The van der Waals surface area contributed by atoms with Gasteiger partial charge in [0.25, 0.3) is 15.9 Å². The zero-order chi connectivity index (χ0) is 16.7. The maximum atomic E-state index is 12.0. The van der Waals surface area contributed by atoms with Gasteiger partial charge in [0.05, 0.1) is 17.9 Å². The molecule has 6 heteroatoms. The molecule has 0 aromatic heterocycles. The molecule has 0 bridgehead atoms. The summed E-state index contributed by atoms with van der Waals surface area (Å²) in [5.74, 6) is -0.734. The largest absolute Gasteiger partial charge is 0.268 e. The van der Waals surface area contributed by atoms with Gasteiger partial charge in [0, 0.05) is 5.56 Å². The first-order chi connectivity index (χ1) is 11.0. The second-order valence-corrected chi connectivity index (χ2v) is 6.29. The summed E-state index contributed by atoms with van der Waals surface area (Å²) in [6.45, 7) is 0. The number of rotatable bonds is 5. The molecule has 0 saturated heterocycles. The maximum Gasteiger partial charge on any atom is 0.264 e. The fraction of sp³-hybridized carbons (Fsp3) is 0.0588. The third kappa shape index (κ3) is 5.09. The molecule has 0 fully saturated rings. The van der Waals surface area contributed by atoms with Gasteiger partial charge in [0.1, 0.15) is 0 Å². The lowest BCUT2D eigenvalue weighted by Crippen LogP contribution is -2.28. The SMILES string of the molecule is N#CCc1cccc(C(=O)NS(=O)(=O)/C=C/c2ccccc2)c1. The van der Waals surface area contributed by atoms with Crippen molar-refractivity contribution in [3.63, 3.8) is 0 Å². The van der Waals surface area contributed by atoms with Crippen molar-refractivity contribution in [2.75, 3.05) is 0 Å². The molecule has 1 amide bonds. The molecule has 0 saturated carbocycles. The van der Waals surface area contributed by atoms with Crippen molar-refractivity contribution in [1.29, 1.82) is 5.26 Å². The van der Waals surface area contributed by atoms with Crippen LogP contribution in [-0.2, 0) is 16.4 Å². The van der Waals surface area contributed by atoms with E-state index in [1.165, 1.54) is 18.2 Å². The van der Waals surface area contributed by atoms with Gasteiger partial charge in [0.15, 0.2) is 0 Å². The highest BCUT2D eigenvalue weighted by Gasteiger charge is 2.13. The van der Waals surface area contributed by atoms with E-state index in [0.29, 0.717) is 11.1 Å². The lowest BCUT2D eigenvalue weighted by Gasteiger charge is -2.04. The van der Waals surface area contributed by atoms with E-state index < -0.39 is 15.9 Å². The summed E-state index contributed by atoms with van der Waals surface area (Å²) in [5.41, 5.74) is 1.55. The molecule has 116 valence electrons. The topological polar surface area (TPSA) is 87.0 Å². The predicted octanol–water partition coefficient (Wildman–Crippen LogP) is 2.48. The second-order valence-electron chi connectivity index (χ2n) is 4.72. The van der Waals surface area contributed by atoms with Crippen molar-refractivity contribution in [2.24, 2.45) is 0 Å². The molecule has 0 spiro atoms. The Morgan fingerprint density at radius 3 is 2.57 bits per heavy atom. The zero-order valence-corrected chi connectivity index (χ0v) is 13.0. The number of carbonyl (C=O) groups excluding carboxylic acids is 1. The van der Waals surface area contributed by atoms with Crippen LogP contribution in [-0.4, -0.2) is 14.3 Å². The fourth-order valence-electron chi connectivity index (χ4n) is 1.87. The molecule has 5 nitrogen and oxygen atoms in total. The highest BCUT2D eigenvalue weighted by Crippen LogP contribution is 2.07. The minimum Gasteiger partial charge on any atom is -0.268 e. The maximum absolute atomic E-state index is 12.0. The Morgan fingerprint density at radius 1 is 1.13 bits per heavy atom. The Morgan fingerprint density at radius 2 is 1.87 bits per heavy atom. The average Bonchev–Trinajstić information content (AvgIpc) is 2.54. The van der Waals surface area contributed by atoms with Crippen LogP contribution in [0.5, 0.6) is 0 Å². The van der Waals surface area contributed by atoms with Crippen LogP contribution < -0.4 is 4.72 Å². The van der Waals surface area contributed by atoms with Crippen molar-refractivity contribution < 1.29 is 13.2 Å². The molecule has 23 heavy (non-hydrogen) atoms. The Kier molecular flexibility index (Phi) is 5.28. The van der Waals surface area contributed by atoms with E-state index in [-0.39, 0.29) is 12.0 Å². The summed E-state index contributed by atoms with van der Waals surface area (Å²) in [7, 11) is -3.90. The van der Waals surface area contributed by atoms with Crippen LogP contribution >= 0.6 is 0 Å². The van der Waals surface area contributed by atoms with Gasteiger partial charge in [-0.3, -0.25) is 4.79 Å². The highest BCUT2D eigenvalue weighted by molar-refractivity contribution is 7.93. The first-order valence-electron chi connectivity index (χ1n) is 6.76. The Hall–Kier alpha value is -2.91. The number of sulfonamides is 1. The van der Waals surface area contributed by atoms with Crippen molar-refractivity contribution in [1.82, 2.24) is 4.72 Å². The van der Waals surface area contributed by atoms with E-state index >= 15 is 0 Å². The Labute approximate surface area is 134 Å². The molecular weight excluding hydrogens is 312 g/mol. The van der Waals surface area contributed by atoms with E-state index in [4.69, 9.17) is 5.26 Å². The van der Waals surface area contributed by atoms with Crippen LogP contribution in [0, 0.1) is 11.3 Å². The summed E-state index contributed by atoms with van der Waals surface area (Å²) < 4.78 is 25.8. The van der Waals surface area contributed by atoms with Gasteiger partial charge in [-0.25, -0.2) is 13.1 Å². The number of nitriles is 1. The van der Waals surface area contributed by atoms with E-state index in [1.54, 1.807) is 36.4 Å². The predicted molar refractivity (Wildman–Crippen MR) is 87.6 cm³/mol. The number of benzene rings is 2. The minimum absolute atomic E-state index is 0.155. The third-order valence-electron chi connectivity index (χ3n) is 2.95. The lowest BCUT2D eigenvalue weighted by atomic mass is 10.1. The Balaban J connectivity index is 2.11. The zero-order valence-electron chi connectivity index (χ0n) is 12.1. The van der Waals surface area contributed by atoms with E-state index in [2.05, 4.69) is 0 Å². The summed E-state index contributed by atoms with van der Waals surface area (Å²) in [5, 5.41) is 9.60. The minimum atomic E-state index is -3.90. The molecule has 0 aliphatic heterocycles. The summed E-state index contributed by atoms with van der Waals surface area (Å²) >= 11 is 0. The number of hydrogen-bond donors (Lipinski definition) is 1. The quantitative estimate of drug-likeness (QED) is 0.914. The van der Waals surface area contributed by atoms with Crippen LogP contribution in [0.1, 0.15) is 21.5 Å².